The number of hydrogen-bond donors (Lipinski definition) is 2. The molecule has 2 rings (SSSR count). The number of carbonyl (C=O) groups is 2. The average molecular weight is 330 g/mol. The van der Waals surface area contributed by atoms with Gasteiger partial charge in [0.25, 0.3) is 0 Å². The molecule has 0 spiro atoms. The third-order valence-corrected chi connectivity index (χ3v) is 3.65. The maximum absolute atomic E-state index is 12.0. The van der Waals surface area contributed by atoms with Gasteiger partial charge in [0.05, 0.1) is 0 Å². The van der Waals surface area contributed by atoms with E-state index in [1.807, 2.05) is 36.4 Å². The van der Waals surface area contributed by atoms with Gasteiger partial charge < -0.3 is 20.5 Å². The number of rotatable bonds is 7. The zero-order valence-corrected chi connectivity index (χ0v) is 13.9. The first-order valence-corrected chi connectivity index (χ1v) is 7.79. The largest absolute Gasteiger partial charge is 0.361 e. The second-order valence-corrected chi connectivity index (χ2v) is 5.64. The minimum absolute atomic E-state index is 0.184. The Labute approximate surface area is 140 Å². The molecule has 0 radical (unpaired) electrons. The van der Waals surface area contributed by atoms with Crippen LogP contribution in [0.15, 0.2) is 40.9 Å². The monoisotopic (exact) mass is 330 g/mol. The highest BCUT2D eigenvalue weighted by Gasteiger charge is 2.18. The summed E-state index contributed by atoms with van der Waals surface area (Å²) >= 11 is 0. The van der Waals surface area contributed by atoms with Crippen molar-refractivity contribution in [2.24, 2.45) is 5.73 Å². The van der Waals surface area contributed by atoms with E-state index in [0.29, 0.717) is 13.0 Å². The number of nitrogens with one attached hydrogen (secondary N) is 1. The molecule has 0 bridgehead atoms. The molecule has 2 aromatic rings. The van der Waals surface area contributed by atoms with Gasteiger partial charge in [-0.3, -0.25) is 4.79 Å². The molecule has 1 aromatic heterocycles. The molecule has 0 saturated carbocycles. The second-order valence-electron chi connectivity index (χ2n) is 5.64. The van der Waals surface area contributed by atoms with Crippen LogP contribution in [-0.4, -0.2) is 41.6 Å². The number of likely N-dealkylation sites (N-methyl/N-ethyl adjacent to an activating group) is 1. The van der Waals surface area contributed by atoms with Gasteiger partial charge in [-0.05, 0) is 13.3 Å². The summed E-state index contributed by atoms with van der Waals surface area (Å²) in [4.78, 5) is 24.4. The molecule has 1 aromatic carbocycles. The first-order chi connectivity index (χ1) is 11.5. The van der Waals surface area contributed by atoms with Gasteiger partial charge in [-0.25, -0.2) is 4.79 Å². The van der Waals surface area contributed by atoms with Crippen molar-refractivity contribution in [1.82, 2.24) is 15.4 Å². The third-order valence-electron chi connectivity index (χ3n) is 3.65. The second kappa shape index (κ2) is 8.14. The Kier molecular flexibility index (Phi) is 5.95. The number of benzene rings is 1. The highest BCUT2D eigenvalue weighted by atomic mass is 16.5. The van der Waals surface area contributed by atoms with Gasteiger partial charge in [-0.1, -0.05) is 35.5 Å². The number of aromatic nitrogens is 1. The number of aryl methyl sites for hydroxylation is 1. The molecule has 0 aliphatic rings. The standard InChI is InChI=1S/C17H22N4O3/c1-12(19-17(18)23)16(22)21(2)10-6-9-14-11-15(20-24-14)13-7-4-3-5-8-13/h3-5,7-8,11-12H,6,9-10H2,1-2H3,(H3,18,19,23)/t12-/m1/s1. The van der Waals surface area contributed by atoms with Crippen molar-refractivity contribution in [2.75, 3.05) is 13.6 Å². The van der Waals surface area contributed by atoms with Gasteiger partial charge >= 0.3 is 6.03 Å². The topological polar surface area (TPSA) is 101 Å². The molecule has 0 aliphatic heterocycles. The summed E-state index contributed by atoms with van der Waals surface area (Å²) in [6.45, 7) is 2.15. The lowest BCUT2D eigenvalue weighted by Crippen LogP contribution is -2.47. The molecule has 1 atom stereocenters. The van der Waals surface area contributed by atoms with Crippen LogP contribution >= 0.6 is 0 Å². The first kappa shape index (κ1) is 17.5. The van der Waals surface area contributed by atoms with Crippen LogP contribution in [-0.2, 0) is 11.2 Å². The van der Waals surface area contributed by atoms with Gasteiger partial charge in [0.1, 0.15) is 17.5 Å². The Balaban J connectivity index is 1.81. The number of primary amides is 1. The number of carbonyl (C=O) groups excluding carboxylic acids is 2. The summed E-state index contributed by atoms with van der Waals surface area (Å²) in [6.07, 6.45) is 1.41. The molecule has 0 unspecified atom stereocenters. The van der Waals surface area contributed by atoms with Crippen LogP contribution in [0.5, 0.6) is 0 Å². The Morgan fingerprint density at radius 3 is 2.71 bits per heavy atom. The van der Waals surface area contributed by atoms with Crippen LogP contribution in [0.3, 0.4) is 0 Å². The molecule has 3 N–H and O–H groups in total. The van der Waals surface area contributed by atoms with Crippen molar-refractivity contribution in [3.8, 4) is 11.3 Å². The van der Waals surface area contributed by atoms with Gasteiger partial charge in [0, 0.05) is 31.6 Å². The summed E-state index contributed by atoms with van der Waals surface area (Å²) in [6, 6.07) is 10.4. The van der Waals surface area contributed by atoms with Crippen molar-refractivity contribution < 1.29 is 14.1 Å². The van der Waals surface area contributed by atoms with E-state index in [2.05, 4.69) is 10.5 Å². The molecule has 3 amide bonds. The van der Waals surface area contributed by atoms with E-state index in [0.717, 1.165) is 23.4 Å². The summed E-state index contributed by atoms with van der Waals surface area (Å²) in [5.41, 5.74) is 6.82. The summed E-state index contributed by atoms with van der Waals surface area (Å²) in [5, 5.41) is 6.44. The fourth-order valence-electron chi connectivity index (χ4n) is 2.38. The van der Waals surface area contributed by atoms with Gasteiger partial charge in [-0.15, -0.1) is 0 Å². The summed E-state index contributed by atoms with van der Waals surface area (Å²) < 4.78 is 5.33. The van der Waals surface area contributed by atoms with Gasteiger partial charge in [0.2, 0.25) is 5.91 Å². The molecular formula is C17H22N4O3. The predicted octanol–water partition coefficient (Wildman–Crippen LogP) is 1.79. The molecule has 128 valence electrons. The lowest BCUT2D eigenvalue weighted by atomic mass is 10.1. The van der Waals surface area contributed by atoms with Crippen molar-refractivity contribution in [3.05, 3.63) is 42.2 Å². The first-order valence-electron chi connectivity index (χ1n) is 7.79. The lowest BCUT2D eigenvalue weighted by molar-refractivity contribution is -0.131. The quantitative estimate of drug-likeness (QED) is 0.808. The Hall–Kier alpha value is -2.83. The Morgan fingerprint density at radius 2 is 2.04 bits per heavy atom. The molecule has 7 nitrogen and oxygen atoms in total. The molecule has 0 aliphatic carbocycles. The van der Waals surface area contributed by atoms with E-state index in [9.17, 15) is 9.59 Å². The smallest absolute Gasteiger partial charge is 0.312 e. The minimum Gasteiger partial charge on any atom is -0.361 e. The maximum Gasteiger partial charge on any atom is 0.312 e. The van der Waals surface area contributed by atoms with E-state index in [1.165, 1.54) is 0 Å². The zero-order chi connectivity index (χ0) is 17.5. The van der Waals surface area contributed by atoms with Crippen molar-refractivity contribution in [1.29, 1.82) is 0 Å². The van der Waals surface area contributed by atoms with E-state index < -0.39 is 12.1 Å². The SMILES string of the molecule is C[C@@H](NC(N)=O)C(=O)N(C)CCCc1cc(-c2ccccc2)no1. The van der Waals surface area contributed by atoms with Crippen LogP contribution in [0.4, 0.5) is 4.79 Å². The third kappa shape index (κ3) is 4.84. The zero-order valence-electron chi connectivity index (χ0n) is 13.9. The number of urea groups is 1. The number of nitrogens with two attached hydrogens (primary N) is 1. The Bertz CT molecular complexity index is 684. The molecule has 1 heterocycles. The summed E-state index contributed by atoms with van der Waals surface area (Å²) in [5.74, 6) is 0.592. The fourth-order valence-corrected chi connectivity index (χ4v) is 2.38. The highest BCUT2D eigenvalue weighted by Crippen LogP contribution is 2.19. The van der Waals surface area contributed by atoms with Crippen LogP contribution in [0.25, 0.3) is 11.3 Å². The molecule has 7 heteroatoms. The van der Waals surface area contributed by atoms with Gasteiger partial charge in [-0.2, -0.15) is 0 Å². The van der Waals surface area contributed by atoms with Crippen molar-refractivity contribution in [3.63, 3.8) is 0 Å². The number of hydrogen-bond acceptors (Lipinski definition) is 4. The normalized spacial score (nSPS) is 11.8. The molecular weight excluding hydrogens is 308 g/mol. The minimum atomic E-state index is -0.709. The lowest BCUT2D eigenvalue weighted by Gasteiger charge is -2.21. The van der Waals surface area contributed by atoms with Crippen LogP contribution < -0.4 is 11.1 Å². The van der Waals surface area contributed by atoms with Crippen LogP contribution in [0.1, 0.15) is 19.1 Å². The van der Waals surface area contributed by atoms with E-state index in [4.69, 9.17) is 10.3 Å². The van der Waals surface area contributed by atoms with Crippen LogP contribution in [0.2, 0.25) is 0 Å². The summed E-state index contributed by atoms with van der Waals surface area (Å²) in [7, 11) is 1.69. The molecule has 24 heavy (non-hydrogen) atoms. The van der Waals surface area contributed by atoms with E-state index in [-0.39, 0.29) is 5.91 Å². The highest BCUT2D eigenvalue weighted by molar-refractivity contribution is 5.86. The van der Waals surface area contributed by atoms with Crippen LogP contribution in [0, 0.1) is 0 Å². The van der Waals surface area contributed by atoms with Gasteiger partial charge in [0.15, 0.2) is 0 Å². The maximum atomic E-state index is 12.0. The van der Waals surface area contributed by atoms with Crippen molar-refractivity contribution >= 4 is 11.9 Å². The molecule has 0 saturated heterocycles. The molecule has 0 fully saturated rings. The number of nitrogens with zero attached hydrogens (tertiary/aromatic N) is 2. The van der Waals surface area contributed by atoms with E-state index in [1.54, 1.807) is 18.9 Å². The average Bonchev–Trinajstić information content (AvgIpc) is 3.03. The number of amides is 3. The van der Waals surface area contributed by atoms with E-state index >= 15 is 0 Å². The van der Waals surface area contributed by atoms with Crippen molar-refractivity contribution in [2.45, 2.75) is 25.8 Å². The fraction of sp³-hybridized carbons (Fsp3) is 0.353. The predicted molar refractivity (Wildman–Crippen MR) is 90.1 cm³/mol. The Morgan fingerprint density at radius 1 is 1.33 bits per heavy atom.